The normalized spacial score (nSPS) is 14.5. The Hall–Kier alpha value is -3.69. The van der Waals surface area contributed by atoms with E-state index in [1.807, 2.05) is 6.08 Å². The second-order valence-corrected chi connectivity index (χ2v) is 8.63. The van der Waals surface area contributed by atoms with E-state index in [0.29, 0.717) is 47.4 Å². The number of halogens is 3. The lowest BCUT2D eigenvalue weighted by molar-refractivity contribution is -0.125. The lowest BCUT2D eigenvalue weighted by Gasteiger charge is -2.27. The van der Waals surface area contributed by atoms with E-state index < -0.39 is 11.5 Å². The molecule has 0 bridgehead atoms. The van der Waals surface area contributed by atoms with Crippen LogP contribution in [-0.2, 0) is 4.79 Å². The number of methoxy groups -OCH3 is 1. The van der Waals surface area contributed by atoms with Crippen LogP contribution in [0.3, 0.4) is 0 Å². The number of nitrogens with one attached hydrogen (secondary N) is 1. The molecule has 0 spiro atoms. The van der Waals surface area contributed by atoms with E-state index in [2.05, 4.69) is 21.9 Å². The average molecular weight is 514 g/mol. The van der Waals surface area contributed by atoms with Crippen molar-refractivity contribution >= 4 is 63.4 Å². The van der Waals surface area contributed by atoms with Gasteiger partial charge in [0.2, 0.25) is 5.91 Å². The number of rotatable bonds is 4. The second-order valence-electron chi connectivity index (χ2n) is 7.84. The fourth-order valence-electron chi connectivity index (χ4n) is 4.33. The zero-order chi connectivity index (χ0) is 24.9. The number of carbonyl (C=O) groups excluding carboxylic acids is 1. The van der Waals surface area contributed by atoms with Crippen LogP contribution in [0.4, 0.5) is 15.9 Å². The maximum Gasteiger partial charge on any atom is 0.354 e. The average Bonchev–Trinajstić information content (AvgIpc) is 2.87. The topological polar surface area (TPSA) is 88.8 Å². The van der Waals surface area contributed by atoms with Crippen molar-refractivity contribution < 1.29 is 13.9 Å². The Balaban J connectivity index is 1.78. The molecular formula is C24H18Cl2FN5O3. The van der Waals surface area contributed by atoms with Crippen LogP contribution in [0.2, 0.25) is 10.0 Å². The third-order valence-corrected chi connectivity index (χ3v) is 6.78. The van der Waals surface area contributed by atoms with Crippen molar-refractivity contribution in [2.75, 3.05) is 25.5 Å². The van der Waals surface area contributed by atoms with E-state index in [-0.39, 0.29) is 27.5 Å². The molecule has 11 heteroatoms. The van der Waals surface area contributed by atoms with Crippen molar-refractivity contribution in [3.05, 3.63) is 68.8 Å². The quantitative estimate of drug-likeness (QED) is 0.402. The van der Waals surface area contributed by atoms with Crippen LogP contribution in [0, 0.1) is 5.82 Å². The third-order valence-electron chi connectivity index (χ3n) is 6.00. The lowest BCUT2D eigenvalue weighted by atomic mass is 9.94. The summed E-state index contributed by atoms with van der Waals surface area (Å²) in [7, 11) is 1.53. The van der Waals surface area contributed by atoms with Crippen LogP contribution < -0.4 is 15.7 Å². The van der Waals surface area contributed by atoms with Crippen molar-refractivity contribution in [1.82, 2.24) is 14.5 Å². The number of carbonyl (C=O) groups is 1. The molecule has 178 valence electrons. The molecule has 35 heavy (non-hydrogen) atoms. The molecule has 0 aliphatic carbocycles. The largest absolute Gasteiger partial charge is 0.496 e. The van der Waals surface area contributed by atoms with E-state index in [1.165, 1.54) is 31.7 Å². The number of aromatic nitrogens is 2. The molecule has 2 aliphatic heterocycles. The molecule has 0 saturated carbocycles. The highest BCUT2D eigenvalue weighted by molar-refractivity contribution is 6.42. The summed E-state index contributed by atoms with van der Waals surface area (Å²) in [6, 6.07) is 4.53. The maximum absolute atomic E-state index is 15.0. The third kappa shape index (κ3) is 3.67. The Kier molecular flexibility index (Phi) is 5.82. The smallest absolute Gasteiger partial charge is 0.354 e. The molecule has 1 N–H and O–H groups in total. The Morgan fingerprint density at radius 1 is 1.34 bits per heavy atom. The Morgan fingerprint density at radius 2 is 2.14 bits per heavy atom. The van der Waals surface area contributed by atoms with Crippen molar-refractivity contribution in [3.63, 3.8) is 0 Å². The Labute approximate surface area is 208 Å². The first kappa shape index (κ1) is 23.1. The molecule has 1 amide bonds. The van der Waals surface area contributed by atoms with E-state index >= 15 is 4.39 Å². The van der Waals surface area contributed by atoms with Crippen LogP contribution in [-0.4, -0.2) is 46.9 Å². The number of nitrogens with zero attached hydrogens (tertiary/aromatic N) is 4. The van der Waals surface area contributed by atoms with Gasteiger partial charge >= 0.3 is 5.69 Å². The van der Waals surface area contributed by atoms with Gasteiger partial charge in [-0.15, -0.1) is 0 Å². The number of ether oxygens (including phenoxy) is 1. The molecule has 3 aromatic rings. The summed E-state index contributed by atoms with van der Waals surface area (Å²) < 4.78 is 21.8. The summed E-state index contributed by atoms with van der Waals surface area (Å²) in [5, 5.41) is 3.28. The highest BCUT2D eigenvalue weighted by atomic mass is 35.5. The molecule has 3 heterocycles. The van der Waals surface area contributed by atoms with Gasteiger partial charge in [-0.05, 0) is 30.2 Å². The van der Waals surface area contributed by atoms with Gasteiger partial charge < -0.3 is 15.0 Å². The van der Waals surface area contributed by atoms with Gasteiger partial charge in [0, 0.05) is 24.7 Å². The Bertz CT molecular complexity index is 1550. The monoisotopic (exact) mass is 513 g/mol. The van der Waals surface area contributed by atoms with Crippen LogP contribution in [0.5, 0.6) is 5.75 Å². The van der Waals surface area contributed by atoms with Crippen molar-refractivity contribution in [1.29, 1.82) is 0 Å². The summed E-state index contributed by atoms with van der Waals surface area (Å²) in [5.41, 5.74) is 1.57. The number of aliphatic imine (C=N–C) groups is 1. The van der Waals surface area contributed by atoms with Gasteiger partial charge in [0.25, 0.3) is 0 Å². The summed E-state index contributed by atoms with van der Waals surface area (Å²) in [6.45, 7) is 4.38. The molecule has 0 saturated heterocycles. The summed E-state index contributed by atoms with van der Waals surface area (Å²) in [5.74, 6) is -0.326. The van der Waals surface area contributed by atoms with Gasteiger partial charge in [-0.3, -0.25) is 4.79 Å². The SMILES string of the molecule is C=CC(=O)N1CC=C(c2c(OC)cc3c4c(n(-c5ccc(Cl)c(Cl)c5F)c(=O)nc24)N=CN3)CC1. The van der Waals surface area contributed by atoms with Gasteiger partial charge in [0.05, 0.1) is 45.8 Å². The first-order chi connectivity index (χ1) is 16.8. The summed E-state index contributed by atoms with van der Waals surface area (Å²) >= 11 is 11.9. The van der Waals surface area contributed by atoms with E-state index in [9.17, 15) is 9.59 Å². The number of amides is 1. The second kappa shape index (κ2) is 8.83. The molecule has 0 unspecified atom stereocenters. The van der Waals surface area contributed by atoms with Crippen molar-refractivity contribution in [2.24, 2.45) is 4.99 Å². The first-order valence-electron chi connectivity index (χ1n) is 10.6. The highest BCUT2D eigenvalue weighted by Gasteiger charge is 2.27. The minimum absolute atomic E-state index is 0.0226. The maximum atomic E-state index is 15.0. The highest BCUT2D eigenvalue weighted by Crippen LogP contribution is 2.44. The zero-order valence-corrected chi connectivity index (χ0v) is 20.0. The van der Waals surface area contributed by atoms with Gasteiger partial charge in [-0.25, -0.2) is 18.7 Å². The lowest BCUT2D eigenvalue weighted by Crippen LogP contribution is -2.33. The number of benzene rings is 2. The van der Waals surface area contributed by atoms with Crippen LogP contribution in [0.15, 0.2) is 46.7 Å². The molecule has 0 radical (unpaired) electrons. The fraction of sp³-hybridized carbons (Fsp3) is 0.167. The van der Waals surface area contributed by atoms with Crippen LogP contribution in [0.1, 0.15) is 12.0 Å². The molecule has 2 aliphatic rings. The standard InChI is InChI=1S/C24H18Cl2FN5O3/c1-3-17(33)31-8-6-12(7-9-31)18-16(35-2)10-14-19-22(18)30-24(34)32(23(19)29-11-28-14)15-5-4-13(25)20(26)21(15)27/h3-6,10-11H,1,7-9H2,2H3,(H,28,29). The summed E-state index contributed by atoms with van der Waals surface area (Å²) in [6.07, 6.45) is 5.09. The molecule has 0 atom stereocenters. The number of hydrogen-bond acceptors (Lipinski definition) is 6. The zero-order valence-electron chi connectivity index (χ0n) is 18.4. The van der Waals surface area contributed by atoms with E-state index in [4.69, 9.17) is 27.9 Å². The molecular weight excluding hydrogens is 496 g/mol. The van der Waals surface area contributed by atoms with Crippen molar-refractivity contribution in [2.45, 2.75) is 6.42 Å². The summed E-state index contributed by atoms with van der Waals surface area (Å²) in [4.78, 5) is 35.6. The predicted molar refractivity (Wildman–Crippen MR) is 135 cm³/mol. The molecule has 1 aromatic heterocycles. The number of anilines is 1. The fourth-order valence-corrected chi connectivity index (χ4v) is 4.64. The van der Waals surface area contributed by atoms with Gasteiger partial charge in [-0.1, -0.05) is 35.9 Å². The molecule has 5 rings (SSSR count). The minimum Gasteiger partial charge on any atom is -0.496 e. The predicted octanol–water partition coefficient (Wildman–Crippen LogP) is 4.73. The van der Waals surface area contributed by atoms with E-state index in [1.54, 1.807) is 11.0 Å². The minimum atomic E-state index is -0.857. The van der Waals surface area contributed by atoms with Gasteiger partial charge in [0.15, 0.2) is 11.6 Å². The van der Waals surface area contributed by atoms with Crippen LogP contribution in [0.25, 0.3) is 22.2 Å². The van der Waals surface area contributed by atoms with Gasteiger partial charge in [-0.2, -0.15) is 4.98 Å². The molecule has 2 aromatic carbocycles. The molecule has 0 fully saturated rings. The Morgan fingerprint density at radius 3 is 2.83 bits per heavy atom. The van der Waals surface area contributed by atoms with Crippen molar-refractivity contribution in [3.8, 4) is 11.4 Å². The van der Waals surface area contributed by atoms with Gasteiger partial charge in [0.1, 0.15) is 5.75 Å². The molecule has 8 nitrogen and oxygen atoms in total. The number of hydrogen-bond donors (Lipinski definition) is 1. The first-order valence-corrected chi connectivity index (χ1v) is 11.3. The van der Waals surface area contributed by atoms with Crippen LogP contribution >= 0.6 is 23.2 Å². The van der Waals surface area contributed by atoms with E-state index in [0.717, 1.165) is 10.1 Å².